The molecule has 6 nitrogen and oxygen atoms in total. The third kappa shape index (κ3) is 4.12. The van der Waals surface area contributed by atoms with E-state index in [0.29, 0.717) is 35.9 Å². The molecule has 0 spiro atoms. The highest BCUT2D eigenvalue weighted by Gasteiger charge is 2.26. The molecule has 2 rings (SSSR count). The summed E-state index contributed by atoms with van der Waals surface area (Å²) in [5.74, 6) is 1.43. The van der Waals surface area contributed by atoms with E-state index in [4.69, 9.17) is 18.9 Å². The second-order valence-corrected chi connectivity index (χ2v) is 6.09. The summed E-state index contributed by atoms with van der Waals surface area (Å²) in [6, 6.07) is 3.39. The minimum Gasteiger partial charge on any atom is -0.493 e. The van der Waals surface area contributed by atoms with E-state index in [9.17, 15) is 4.79 Å². The first-order valence-electron chi connectivity index (χ1n) is 8.24. The molecule has 0 unspecified atom stereocenters. The molecule has 1 aromatic rings. The van der Waals surface area contributed by atoms with Gasteiger partial charge in [0.1, 0.15) is 0 Å². The summed E-state index contributed by atoms with van der Waals surface area (Å²) in [5, 5.41) is 0. The molecule has 1 aliphatic heterocycles. The lowest BCUT2D eigenvalue weighted by molar-refractivity contribution is -0.0236. The highest BCUT2D eigenvalue weighted by Crippen LogP contribution is 2.38. The first-order valence-corrected chi connectivity index (χ1v) is 8.24. The van der Waals surface area contributed by atoms with E-state index in [0.717, 1.165) is 12.8 Å². The molecule has 0 aliphatic carbocycles. The highest BCUT2D eigenvalue weighted by atomic mass is 16.5. The number of carbonyl (C=O) groups excluding carboxylic acids is 1. The molecular formula is C18H27NO5. The summed E-state index contributed by atoms with van der Waals surface area (Å²) in [4.78, 5) is 14.6. The number of methoxy groups -OCH3 is 3. The Morgan fingerprint density at radius 3 is 2.00 bits per heavy atom. The summed E-state index contributed by atoms with van der Waals surface area (Å²) >= 11 is 0. The number of carbonyl (C=O) groups is 1. The summed E-state index contributed by atoms with van der Waals surface area (Å²) in [6.07, 6.45) is 2.16. The molecule has 1 amide bonds. The minimum atomic E-state index is -0.0303. The van der Waals surface area contributed by atoms with E-state index >= 15 is 0 Å². The van der Waals surface area contributed by atoms with Crippen LogP contribution in [0.25, 0.3) is 0 Å². The Bertz CT molecular complexity index is 540. The van der Waals surface area contributed by atoms with Crippen molar-refractivity contribution in [1.29, 1.82) is 0 Å². The van der Waals surface area contributed by atoms with Crippen LogP contribution in [-0.4, -0.2) is 57.4 Å². The summed E-state index contributed by atoms with van der Waals surface area (Å²) < 4.78 is 21.8. The number of amides is 1. The number of nitrogens with zero attached hydrogens (tertiary/aromatic N) is 1. The fourth-order valence-corrected chi connectivity index (χ4v) is 2.97. The molecule has 134 valence electrons. The van der Waals surface area contributed by atoms with Gasteiger partial charge in [-0.2, -0.15) is 0 Å². The van der Waals surface area contributed by atoms with Crippen molar-refractivity contribution in [3.8, 4) is 17.2 Å². The van der Waals surface area contributed by atoms with Crippen LogP contribution in [0, 0.1) is 0 Å². The van der Waals surface area contributed by atoms with Crippen LogP contribution in [0.4, 0.5) is 0 Å². The van der Waals surface area contributed by atoms with Gasteiger partial charge in [-0.25, -0.2) is 0 Å². The molecule has 1 aliphatic rings. The SMILES string of the molecule is COc1cc(C(=O)N2CCC(OC(C)C)CC2)cc(OC)c1OC. The van der Waals surface area contributed by atoms with E-state index in [1.54, 1.807) is 33.5 Å². The minimum absolute atomic E-state index is 0.0303. The van der Waals surface area contributed by atoms with Gasteiger partial charge in [-0.15, -0.1) is 0 Å². The topological polar surface area (TPSA) is 57.2 Å². The Hall–Kier alpha value is -1.95. The molecular weight excluding hydrogens is 310 g/mol. The molecule has 1 saturated heterocycles. The van der Waals surface area contributed by atoms with Gasteiger partial charge in [-0.3, -0.25) is 4.79 Å². The van der Waals surface area contributed by atoms with E-state index in [1.807, 2.05) is 18.7 Å². The Morgan fingerprint density at radius 2 is 1.58 bits per heavy atom. The lowest BCUT2D eigenvalue weighted by Crippen LogP contribution is -2.41. The number of likely N-dealkylation sites (tertiary alicyclic amines) is 1. The Balaban J connectivity index is 2.13. The molecule has 0 atom stereocenters. The number of benzene rings is 1. The van der Waals surface area contributed by atoms with Gasteiger partial charge in [0.05, 0.1) is 33.5 Å². The molecule has 0 aromatic heterocycles. The number of rotatable bonds is 6. The first kappa shape index (κ1) is 18.4. The second kappa shape index (κ2) is 8.24. The van der Waals surface area contributed by atoms with Gasteiger partial charge in [0.2, 0.25) is 5.75 Å². The average Bonchev–Trinajstić information content (AvgIpc) is 2.59. The van der Waals surface area contributed by atoms with Crippen molar-refractivity contribution >= 4 is 5.91 Å². The number of hydrogen-bond acceptors (Lipinski definition) is 5. The molecule has 1 heterocycles. The van der Waals surface area contributed by atoms with E-state index in [-0.39, 0.29) is 18.1 Å². The van der Waals surface area contributed by atoms with Crippen molar-refractivity contribution < 1.29 is 23.7 Å². The van der Waals surface area contributed by atoms with Crippen molar-refractivity contribution in [3.63, 3.8) is 0 Å². The molecule has 0 bridgehead atoms. The van der Waals surface area contributed by atoms with Crippen molar-refractivity contribution in [2.75, 3.05) is 34.4 Å². The smallest absolute Gasteiger partial charge is 0.254 e. The van der Waals surface area contributed by atoms with E-state index < -0.39 is 0 Å². The van der Waals surface area contributed by atoms with Crippen LogP contribution in [0.2, 0.25) is 0 Å². The third-order valence-electron chi connectivity index (χ3n) is 4.11. The summed E-state index contributed by atoms with van der Waals surface area (Å²) in [5.41, 5.74) is 0.535. The van der Waals surface area contributed by atoms with Crippen LogP contribution in [-0.2, 0) is 4.74 Å². The van der Waals surface area contributed by atoms with Crippen molar-refractivity contribution in [1.82, 2.24) is 4.90 Å². The maximum absolute atomic E-state index is 12.8. The highest BCUT2D eigenvalue weighted by molar-refractivity contribution is 5.95. The predicted molar refractivity (Wildman–Crippen MR) is 91.2 cm³/mol. The fourth-order valence-electron chi connectivity index (χ4n) is 2.97. The Labute approximate surface area is 143 Å². The zero-order valence-electron chi connectivity index (χ0n) is 15.1. The lowest BCUT2D eigenvalue weighted by Gasteiger charge is -2.33. The van der Waals surface area contributed by atoms with Gasteiger partial charge in [-0.1, -0.05) is 0 Å². The monoisotopic (exact) mass is 337 g/mol. The van der Waals surface area contributed by atoms with Crippen molar-refractivity contribution in [2.24, 2.45) is 0 Å². The average molecular weight is 337 g/mol. The normalized spacial score (nSPS) is 15.5. The third-order valence-corrected chi connectivity index (χ3v) is 4.11. The maximum atomic E-state index is 12.8. The van der Waals surface area contributed by atoms with Crippen LogP contribution in [0.15, 0.2) is 12.1 Å². The van der Waals surface area contributed by atoms with E-state index in [1.165, 1.54) is 0 Å². The standard InChI is InChI=1S/C18H27NO5/c1-12(2)24-14-6-8-19(9-7-14)18(20)13-10-15(21-3)17(23-5)16(11-13)22-4/h10-12,14H,6-9H2,1-5H3. The van der Waals surface area contributed by atoms with Crippen LogP contribution in [0.1, 0.15) is 37.0 Å². The molecule has 0 saturated carbocycles. The van der Waals surface area contributed by atoms with Gasteiger partial charge in [-0.05, 0) is 38.8 Å². The zero-order valence-corrected chi connectivity index (χ0v) is 15.1. The first-order chi connectivity index (χ1) is 11.5. The molecule has 1 aromatic carbocycles. The molecule has 6 heteroatoms. The molecule has 24 heavy (non-hydrogen) atoms. The van der Waals surface area contributed by atoms with Gasteiger partial charge < -0.3 is 23.8 Å². The van der Waals surface area contributed by atoms with Gasteiger partial charge in [0.15, 0.2) is 11.5 Å². The number of hydrogen-bond donors (Lipinski definition) is 0. The number of ether oxygens (including phenoxy) is 4. The lowest BCUT2D eigenvalue weighted by atomic mass is 10.1. The molecule has 1 fully saturated rings. The predicted octanol–water partition coefficient (Wildman–Crippen LogP) is 2.74. The van der Waals surface area contributed by atoms with Crippen LogP contribution in [0.5, 0.6) is 17.2 Å². The summed E-state index contributed by atoms with van der Waals surface area (Å²) in [6.45, 7) is 5.45. The van der Waals surface area contributed by atoms with Crippen LogP contribution >= 0.6 is 0 Å². The summed E-state index contributed by atoms with van der Waals surface area (Å²) in [7, 11) is 4.63. The molecule has 0 radical (unpaired) electrons. The van der Waals surface area contributed by atoms with Gasteiger partial charge in [0.25, 0.3) is 5.91 Å². The quantitative estimate of drug-likeness (QED) is 0.799. The van der Waals surface area contributed by atoms with Crippen molar-refractivity contribution in [3.05, 3.63) is 17.7 Å². The largest absolute Gasteiger partial charge is 0.493 e. The van der Waals surface area contributed by atoms with Crippen LogP contribution < -0.4 is 14.2 Å². The maximum Gasteiger partial charge on any atom is 0.254 e. The molecule has 0 N–H and O–H groups in total. The Morgan fingerprint density at radius 1 is 1.04 bits per heavy atom. The Kier molecular flexibility index (Phi) is 6.31. The van der Waals surface area contributed by atoms with Crippen LogP contribution in [0.3, 0.4) is 0 Å². The number of piperidine rings is 1. The van der Waals surface area contributed by atoms with E-state index in [2.05, 4.69) is 0 Å². The second-order valence-electron chi connectivity index (χ2n) is 6.09. The van der Waals surface area contributed by atoms with Gasteiger partial charge in [0, 0.05) is 18.7 Å². The fraction of sp³-hybridized carbons (Fsp3) is 0.611. The zero-order chi connectivity index (χ0) is 17.7. The van der Waals surface area contributed by atoms with Crippen molar-refractivity contribution in [2.45, 2.75) is 38.9 Å². The van der Waals surface area contributed by atoms with Gasteiger partial charge >= 0.3 is 0 Å².